The zero-order chi connectivity index (χ0) is 14.0. The van der Waals surface area contributed by atoms with Gasteiger partial charge in [0.15, 0.2) is 0 Å². The molecule has 0 bridgehead atoms. The van der Waals surface area contributed by atoms with Crippen LogP contribution in [0.25, 0.3) is 0 Å². The molecule has 0 saturated carbocycles. The summed E-state index contributed by atoms with van der Waals surface area (Å²) < 4.78 is 19.7. The standard InChI is InChI=1S/C14H12BrClFNO/c1-8-4-9(7-18)2-3-13(8)19-14-6-12(17)11(16)5-10(14)15/h2-6H,7,18H2,1H3. The summed E-state index contributed by atoms with van der Waals surface area (Å²) in [5.41, 5.74) is 7.52. The molecule has 0 aliphatic heterocycles. The van der Waals surface area contributed by atoms with Crippen molar-refractivity contribution >= 4 is 27.5 Å². The van der Waals surface area contributed by atoms with Gasteiger partial charge in [0.25, 0.3) is 0 Å². The highest BCUT2D eigenvalue weighted by molar-refractivity contribution is 9.10. The van der Waals surface area contributed by atoms with Crippen molar-refractivity contribution in [1.29, 1.82) is 0 Å². The monoisotopic (exact) mass is 343 g/mol. The lowest BCUT2D eigenvalue weighted by atomic mass is 10.1. The van der Waals surface area contributed by atoms with Crippen molar-refractivity contribution in [3.05, 3.63) is 56.8 Å². The second-order valence-corrected chi connectivity index (χ2v) is 5.36. The van der Waals surface area contributed by atoms with Crippen LogP contribution in [0.3, 0.4) is 0 Å². The first-order valence-electron chi connectivity index (χ1n) is 5.63. The number of hydrogen-bond donors (Lipinski definition) is 1. The lowest BCUT2D eigenvalue weighted by Crippen LogP contribution is -1.97. The summed E-state index contributed by atoms with van der Waals surface area (Å²) in [6.45, 7) is 2.38. The topological polar surface area (TPSA) is 35.2 Å². The third kappa shape index (κ3) is 3.26. The molecule has 2 aromatic rings. The van der Waals surface area contributed by atoms with Gasteiger partial charge in [-0.15, -0.1) is 0 Å². The van der Waals surface area contributed by atoms with Gasteiger partial charge in [0, 0.05) is 12.6 Å². The molecule has 0 atom stereocenters. The van der Waals surface area contributed by atoms with Gasteiger partial charge in [0.05, 0.1) is 9.50 Å². The van der Waals surface area contributed by atoms with Crippen molar-refractivity contribution in [2.75, 3.05) is 0 Å². The van der Waals surface area contributed by atoms with Gasteiger partial charge in [0.1, 0.15) is 17.3 Å². The fourth-order valence-corrected chi connectivity index (χ4v) is 2.37. The van der Waals surface area contributed by atoms with Gasteiger partial charge in [-0.05, 0) is 46.1 Å². The van der Waals surface area contributed by atoms with E-state index in [-0.39, 0.29) is 5.02 Å². The Morgan fingerprint density at radius 3 is 2.63 bits per heavy atom. The van der Waals surface area contributed by atoms with Crippen LogP contribution in [0.2, 0.25) is 5.02 Å². The van der Waals surface area contributed by atoms with Gasteiger partial charge in [-0.3, -0.25) is 0 Å². The molecule has 0 heterocycles. The van der Waals surface area contributed by atoms with Gasteiger partial charge in [-0.2, -0.15) is 0 Å². The van der Waals surface area contributed by atoms with Gasteiger partial charge < -0.3 is 10.5 Å². The average Bonchev–Trinajstić information content (AvgIpc) is 2.38. The lowest BCUT2D eigenvalue weighted by Gasteiger charge is -2.12. The summed E-state index contributed by atoms with van der Waals surface area (Å²) in [6.07, 6.45) is 0. The Balaban J connectivity index is 2.33. The Morgan fingerprint density at radius 1 is 1.26 bits per heavy atom. The van der Waals surface area contributed by atoms with E-state index in [9.17, 15) is 4.39 Å². The minimum Gasteiger partial charge on any atom is -0.456 e. The molecule has 2 N–H and O–H groups in total. The summed E-state index contributed by atoms with van der Waals surface area (Å²) in [4.78, 5) is 0. The molecule has 0 aliphatic carbocycles. The highest BCUT2D eigenvalue weighted by atomic mass is 79.9. The first-order valence-corrected chi connectivity index (χ1v) is 6.80. The molecule has 0 spiro atoms. The van der Waals surface area contributed by atoms with Gasteiger partial charge in [-0.1, -0.05) is 23.7 Å². The van der Waals surface area contributed by atoms with Crippen LogP contribution < -0.4 is 10.5 Å². The van der Waals surface area contributed by atoms with E-state index in [4.69, 9.17) is 22.1 Å². The average molecular weight is 345 g/mol. The third-order valence-electron chi connectivity index (χ3n) is 2.67. The Kier molecular flexibility index (Phi) is 4.45. The molecule has 19 heavy (non-hydrogen) atoms. The normalized spacial score (nSPS) is 10.6. The number of nitrogens with two attached hydrogens (primary N) is 1. The van der Waals surface area contributed by atoms with Crippen LogP contribution in [-0.4, -0.2) is 0 Å². The van der Waals surface area contributed by atoms with E-state index in [1.807, 2.05) is 25.1 Å². The Bertz CT molecular complexity index is 619. The van der Waals surface area contributed by atoms with Crippen LogP contribution in [0.15, 0.2) is 34.8 Å². The van der Waals surface area contributed by atoms with E-state index in [0.29, 0.717) is 22.5 Å². The SMILES string of the molecule is Cc1cc(CN)ccc1Oc1cc(F)c(Cl)cc1Br. The first-order chi connectivity index (χ1) is 9.01. The molecule has 0 unspecified atom stereocenters. The van der Waals surface area contributed by atoms with Gasteiger partial charge in [0.2, 0.25) is 0 Å². The minimum absolute atomic E-state index is 0.0504. The summed E-state index contributed by atoms with van der Waals surface area (Å²) in [5, 5.41) is 0.0504. The molecule has 0 aliphatic rings. The maximum absolute atomic E-state index is 13.4. The molecule has 0 radical (unpaired) electrons. The van der Waals surface area contributed by atoms with E-state index >= 15 is 0 Å². The molecule has 2 rings (SSSR count). The predicted molar refractivity (Wildman–Crippen MR) is 78.3 cm³/mol. The lowest BCUT2D eigenvalue weighted by molar-refractivity contribution is 0.470. The molecule has 0 amide bonds. The molecule has 2 aromatic carbocycles. The number of ether oxygens (including phenoxy) is 1. The van der Waals surface area contributed by atoms with Crippen LogP contribution in [0, 0.1) is 12.7 Å². The van der Waals surface area contributed by atoms with E-state index in [0.717, 1.165) is 11.1 Å². The summed E-state index contributed by atoms with van der Waals surface area (Å²) >= 11 is 8.98. The van der Waals surface area contributed by atoms with Crippen LogP contribution in [0.1, 0.15) is 11.1 Å². The Morgan fingerprint density at radius 2 is 2.00 bits per heavy atom. The zero-order valence-corrected chi connectivity index (χ0v) is 12.6. The van der Waals surface area contributed by atoms with Gasteiger partial charge in [-0.25, -0.2) is 4.39 Å². The molecular weight excluding hydrogens is 333 g/mol. The van der Waals surface area contributed by atoms with Crippen LogP contribution in [0.4, 0.5) is 4.39 Å². The zero-order valence-electron chi connectivity index (χ0n) is 10.2. The molecule has 0 aromatic heterocycles. The summed E-state index contributed by atoms with van der Waals surface area (Å²) in [6, 6.07) is 8.35. The van der Waals surface area contributed by atoms with Crippen molar-refractivity contribution in [2.45, 2.75) is 13.5 Å². The Labute approximate surface area is 124 Å². The second-order valence-electron chi connectivity index (χ2n) is 4.10. The second kappa shape index (κ2) is 5.90. The highest BCUT2D eigenvalue weighted by Gasteiger charge is 2.10. The molecule has 0 saturated heterocycles. The predicted octanol–water partition coefficient (Wildman–Crippen LogP) is 4.80. The number of hydrogen-bond acceptors (Lipinski definition) is 2. The molecule has 100 valence electrons. The highest BCUT2D eigenvalue weighted by Crippen LogP contribution is 2.34. The summed E-state index contributed by atoms with van der Waals surface area (Å²) in [5.74, 6) is 0.515. The van der Waals surface area contributed by atoms with E-state index in [2.05, 4.69) is 15.9 Å². The quantitative estimate of drug-likeness (QED) is 0.812. The number of benzene rings is 2. The minimum atomic E-state index is -0.518. The van der Waals surface area contributed by atoms with E-state index in [1.54, 1.807) is 0 Å². The van der Waals surface area contributed by atoms with Crippen molar-refractivity contribution < 1.29 is 9.13 Å². The van der Waals surface area contributed by atoms with Crippen molar-refractivity contribution in [3.63, 3.8) is 0 Å². The third-order valence-corrected chi connectivity index (χ3v) is 3.58. The van der Waals surface area contributed by atoms with Crippen LogP contribution >= 0.6 is 27.5 Å². The Hall–Kier alpha value is -1.10. The molecular formula is C14H12BrClFNO. The smallest absolute Gasteiger partial charge is 0.145 e. The molecule has 5 heteroatoms. The summed E-state index contributed by atoms with van der Waals surface area (Å²) in [7, 11) is 0. The van der Waals surface area contributed by atoms with Crippen molar-refractivity contribution in [1.82, 2.24) is 0 Å². The first kappa shape index (κ1) is 14.3. The molecule has 2 nitrogen and oxygen atoms in total. The fourth-order valence-electron chi connectivity index (χ4n) is 1.65. The van der Waals surface area contributed by atoms with Crippen LogP contribution in [-0.2, 0) is 6.54 Å². The maximum Gasteiger partial charge on any atom is 0.145 e. The van der Waals surface area contributed by atoms with Crippen molar-refractivity contribution in [2.24, 2.45) is 5.73 Å². The largest absolute Gasteiger partial charge is 0.456 e. The van der Waals surface area contributed by atoms with E-state index < -0.39 is 5.82 Å². The van der Waals surface area contributed by atoms with Crippen LogP contribution in [0.5, 0.6) is 11.5 Å². The molecule has 0 fully saturated rings. The van der Waals surface area contributed by atoms with E-state index in [1.165, 1.54) is 12.1 Å². The maximum atomic E-state index is 13.4. The number of halogens is 3. The van der Waals surface area contributed by atoms with Crippen molar-refractivity contribution in [3.8, 4) is 11.5 Å². The fraction of sp³-hybridized carbons (Fsp3) is 0.143. The van der Waals surface area contributed by atoms with Gasteiger partial charge >= 0.3 is 0 Å². The number of rotatable bonds is 3. The number of aryl methyl sites for hydroxylation is 1.